The molecule has 1 aromatic rings. The van der Waals surface area contributed by atoms with Gasteiger partial charge in [0.25, 0.3) is 0 Å². The van der Waals surface area contributed by atoms with E-state index in [9.17, 15) is 18.0 Å². The molecule has 0 aliphatic carbocycles. The lowest BCUT2D eigenvalue weighted by Gasteiger charge is -2.05. The maximum Gasteiger partial charge on any atom is 0.411 e. The highest BCUT2D eigenvalue weighted by atomic mass is 79.9. The SMILES string of the molecule is O=C(COCC(F)(F)F)c1ccc(Br)o1. The molecule has 0 saturated carbocycles. The average molecular weight is 287 g/mol. The first-order valence-electron chi connectivity index (χ1n) is 3.81. The zero-order valence-electron chi connectivity index (χ0n) is 7.31. The minimum atomic E-state index is -4.43. The van der Waals surface area contributed by atoms with E-state index in [0.29, 0.717) is 4.67 Å². The number of carbonyl (C=O) groups is 1. The first-order valence-corrected chi connectivity index (χ1v) is 4.61. The van der Waals surface area contributed by atoms with Crippen molar-refractivity contribution < 1.29 is 27.1 Å². The molecule has 0 aliphatic heterocycles. The van der Waals surface area contributed by atoms with Gasteiger partial charge in [0.15, 0.2) is 10.4 Å². The number of hydrogen-bond acceptors (Lipinski definition) is 3. The molecule has 0 bridgehead atoms. The number of rotatable bonds is 4. The number of ketones is 1. The first-order chi connectivity index (χ1) is 6.88. The molecule has 84 valence electrons. The first kappa shape index (κ1) is 12.3. The number of alkyl halides is 3. The van der Waals surface area contributed by atoms with Crippen molar-refractivity contribution in [2.24, 2.45) is 0 Å². The van der Waals surface area contributed by atoms with Gasteiger partial charge in [0.2, 0.25) is 5.78 Å². The summed E-state index contributed by atoms with van der Waals surface area (Å²) in [6.45, 7) is -2.10. The van der Waals surface area contributed by atoms with Crippen LogP contribution in [0.25, 0.3) is 0 Å². The molecule has 0 amide bonds. The summed E-state index contributed by atoms with van der Waals surface area (Å²) in [4.78, 5) is 11.1. The number of ether oxygens (including phenoxy) is 1. The van der Waals surface area contributed by atoms with E-state index in [2.05, 4.69) is 20.7 Å². The number of halogens is 4. The highest BCUT2D eigenvalue weighted by molar-refractivity contribution is 9.10. The van der Waals surface area contributed by atoms with Crippen LogP contribution in [0.4, 0.5) is 13.2 Å². The van der Waals surface area contributed by atoms with Gasteiger partial charge < -0.3 is 9.15 Å². The molecule has 15 heavy (non-hydrogen) atoms. The van der Waals surface area contributed by atoms with E-state index in [1.165, 1.54) is 12.1 Å². The fourth-order valence-electron chi connectivity index (χ4n) is 0.795. The van der Waals surface area contributed by atoms with Gasteiger partial charge in [-0.1, -0.05) is 0 Å². The van der Waals surface area contributed by atoms with Gasteiger partial charge in [-0.25, -0.2) is 0 Å². The fraction of sp³-hybridized carbons (Fsp3) is 0.375. The van der Waals surface area contributed by atoms with Crippen LogP contribution < -0.4 is 0 Å². The summed E-state index contributed by atoms with van der Waals surface area (Å²) in [6, 6.07) is 2.82. The molecule has 0 N–H and O–H groups in total. The Kier molecular flexibility index (Phi) is 3.92. The molecule has 0 unspecified atom stereocenters. The number of furan rings is 1. The van der Waals surface area contributed by atoms with Crippen molar-refractivity contribution in [2.45, 2.75) is 6.18 Å². The van der Waals surface area contributed by atoms with Gasteiger partial charge in [-0.15, -0.1) is 0 Å². The van der Waals surface area contributed by atoms with Crippen molar-refractivity contribution in [3.05, 3.63) is 22.6 Å². The quantitative estimate of drug-likeness (QED) is 0.799. The van der Waals surface area contributed by atoms with E-state index in [-0.39, 0.29) is 5.76 Å². The average Bonchev–Trinajstić information content (AvgIpc) is 2.49. The Bertz CT molecular complexity index is 345. The maximum absolute atomic E-state index is 11.6. The normalized spacial score (nSPS) is 11.7. The molecule has 1 rings (SSSR count). The Balaban J connectivity index is 2.37. The molecule has 0 radical (unpaired) electrons. The topological polar surface area (TPSA) is 39.4 Å². The molecule has 3 nitrogen and oxygen atoms in total. The predicted molar refractivity (Wildman–Crippen MR) is 47.6 cm³/mol. The van der Waals surface area contributed by atoms with Crippen LogP contribution in [0.1, 0.15) is 10.6 Å². The minimum absolute atomic E-state index is 0.0379. The van der Waals surface area contributed by atoms with Crippen molar-refractivity contribution in [1.29, 1.82) is 0 Å². The fourth-order valence-corrected chi connectivity index (χ4v) is 1.10. The summed E-state index contributed by atoms with van der Waals surface area (Å²) >= 11 is 2.96. The van der Waals surface area contributed by atoms with Gasteiger partial charge in [0.1, 0.15) is 13.2 Å². The third-order valence-corrected chi connectivity index (χ3v) is 1.77. The standard InChI is InChI=1S/C8H6BrF3O3/c9-7-2-1-6(15-7)5(13)3-14-4-8(10,11)12/h1-2H,3-4H2. The molecule has 0 aromatic carbocycles. The van der Waals surface area contributed by atoms with E-state index in [1.54, 1.807) is 0 Å². The van der Waals surface area contributed by atoms with Gasteiger partial charge >= 0.3 is 6.18 Å². The van der Waals surface area contributed by atoms with E-state index < -0.39 is 25.2 Å². The lowest BCUT2D eigenvalue weighted by Crippen LogP contribution is -2.20. The Hall–Kier alpha value is -0.820. The molecular formula is C8H6BrF3O3. The number of hydrogen-bond donors (Lipinski definition) is 0. The van der Waals surface area contributed by atoms with Crippen LogP contribution in [0.2, 0.25) is 0 Å². The van der Waals surface area contributed by atoms with Crippen LogP contribution in [0.3, 0.4) is 0 Å². The highest BCUT2D eigenvalue weighted by Gasteiger charge is 2.28. The molecule has 0 saturated heterocycles. The molecule has 1 aromatic heterocycles. The van der Waals surface area contributed by atoms with Crippen molar-refractivity contribution in [3.8, 4) is 0 Å². The summed E-state index contributed by atoms with van der Waals surface area (Å²) in [6.07, 6.45) is -4.43. The Labute approximate surface area is 91.3 Å². The Morgan fingerprint density at radius 3 is 2.60 bits per heavy atom. The minimum Gasteiger partial charge on any atom is -0.446 e. The van der Waals surface area contributed by atoms with E-state index in [4.69, 9.17) is 4.42 Å². The van der Waals surface area contributed by atoms with Crippen LogP contribution in [-0.4, -0.2) is 25.2 Å². The van der Waals surface area contributed by atoms with Gasteiger partial charge in [0.05, 0.1) is 0 Å². The van der Waals surface area contributed by atoms with Crippen molar-refractivity contribution >= 4 is 21.7 Å². The van der Waals surface area contributed by atoms with E-state index in [0.717, 1.165) is 0 Å². The maximum atomic E-state index is 11.6. The summed E-state index contributed by atoms with van der Waals surface area (Å²) < 4.78 is 44.3. The van der Waals surface area contributed by atoms with Crippen molar-refractivity contribution in [2.75, 3.05) is 13.2 Å². The number of Topliss-reactive ketones (excluding diaryl/α,β-unsaturated/α-hetero) is 1. The second kappa shape index (κ2) is 4.80. The molecule has 0 aliphatic rings. The second-order valence-electron chi connectivity index (χ2n) is 2.63. The zero-order valence-corrected chi connectivity index (χ0v) is 8.89. The van der Waals surface area contributed by atoms with E-state index in [1.807, 2.05) is 0 Å². The van der Waals surface area contributed by atoms with Crippen molar-refractivity contribution in [3.63, 3.8) is 0 Å². The molecule has 0 atom stereocenters. The van der Waals surface area contributed by atoms with Gasteiger partial charge in [-0.3, -0.25) is 4.79 Å². The van der Waals surface area contributed by atoms with Gasteiger partial charge in [-0.2, -0.15) is 13.2 Å². The zero-order chi connectivity index (χ0) is 11.5. The summed E-state index contributed by atoms with van der Waals surface area (Å²) in [5.74, 6) is -0.672. The highest BCUT2D eigenvalue weighted by Crippen LogP contribution is 2.16. The van der Waals surface area contributed by atoms with Crippen molar-refractivity contribution in [1.82, 2.24) is 0 Å². The predicted octanol–water partition coefficient (Wildman–Crippen LogP) is 2.80. The molecule has 0 fully saturated rings. The lowest BCUT2D eigenvalue weighted by atomic mass is 10.3. The third kappa shape index (κ3) is 4.48. The van der Waals surface area contributed by atoms with Crippen LogP contribution >= 0.6 is 15.9 Å². The van der Waals surface area contributed by atoms with Crippen LogP contribution in [-0.2, 0) is 4.74 Å². The molecular weight excluding hydrogens is 281 g/mol. The smallest absolute Gasteiger partial charge is 0.411 e. The summed E-state index contributed by atoms with van der Waals surface area (Å²) in [5, 5.41) is 0. The van der Waals surface area contributed by atoms with Gasteiger partial charge in [-0.05, 0) is 28.1 Å². The summed E-state index contributed by atoms with van der Waals surface area (Å²) in [7, 11) is 0. The lowest BCUT2D eigenvalue weighted by molar-refractivity contribution is -0.171. The van der Waals surface area contributed by atoms with Crippen LogP contribution in [0.5, 0.6) is 0 Å². The Morgan fingerprint density at radius 1 is 1.47 bits per heavy atom. The molecule has 7 heteroatoms. The number of carbonyl (C=O) groups excluding carboxylic acids is 1. The van der Waals surface area contributed by atoms with Crippen LogP contribution in [0, 0.1) is 0 Å². The summed E-state index contributed by atoms with van der Waals surface area (Å²) in [5.41, 5.74) is 0. The largest absolute Gasteiger partial charge is 0.446 e. The molecule has 1 heterocycles. The third-order valence-electron chi connectivity index (χ3n) is 1.35. The second-order valence-corrected chi connectivity index (χ2v) is 3.42. The molecule has 0 spiro atoms. The van der Waals surface area contributed by atoms with Gasteiger partial charge in [0, 0.05) is 0 Å². The van der Waals surface area contributed by atoms with Crippen LogP contribution in [0.15, 0.2) is 21.2 Å². The monoisotopic (exact) mass is 286 g/mol. The van der Waals surface area contributed by atoms with E-state index >= 15 is 0 Å². The Morgan fingerprint density at radius 2 is 2.13 bits per heavy atom.